The van der Waals surface area contributed by atoms with Crippen LogP contribution in [0, 0.1) is 0 Å². The van der Waals surface area contributed by atoms with Crippen LogP contribution >= 0.6 is 11.6 Å². The molecule has 0 aliphatic heterocycles. The van der Waals surface area contributed by atoms with Crippen molar-refractivity contribution < 1.29 is 4.79 Å². The van der Waals surface area contributed by atoms with Gasteiger partial charge in [-0.3, -0.25) is 4.79 Å². The van der Waals surface area contributed by atoms with Crippen LogP contribution in [-0.2, 0) is 13.0 Å². The Hall–Kier alpha value is -2.07. The molecule has 0 saturated carbocycles. The Morgan fingerprint density at radius 3 is 2.86 bits per heavy atom. The fourth-order valence-electron chi connectivity index (χ4n) is 2.06. The van der Waals surface area contributed by atoms with E-state index in [9.17, 15) is 4.79 Å². The summed E-state index contributed by atoms with van der Waals surface area (Å²) in [5, 5.41) is 3.51. The molecule has 0 saturated heterocycles. The SMILES string of the molecule is CCCc1cc(C(=O)NCc2cccc(Cl)c2)cc(N)n1. The third-order valence-electron chi connectivity index (χ3n) is 3.01. The number of aromatic nitrogens is 1. The van der Waals surface area contributed by atoms with Gasteiger partial charge in [-0.15, -0.1) is 0 Å². The highest BCUT2D eigenvalue weighted by atomic mass is 35.5. The average Bonchev–Trinajstić information content (AvgIpc) is 2.44. The van der Waals surface area contributed by atoms with E-state index in [1.807, 2.05) is 18.2 Å². The number of nitrogens with zero attached hydrogens (tertiary/aromatic N) is 1. The molecule has 4 nitrogen and oxygen atoms in total. The van der Waals surface area contributed by atoms with Crippen molar-refractivity contribution in [2.75, 3.05) is 5.73 Å². The zero-order chi connectivity index (χ0) is 15.2. The highest BCUT2D eigenvalue weighted by Crippen LogP contribution is 2.12. The van der Waals surface area contributed by atoms with Crippen LogP contribution in [0.25, 0.3) is 0 Å². The summed E-state index contributed by atoms with van der Waals surface area (Å²) < 4.78 is 0. The van der Waals surface area contributed by atoms with Crippen LogP contribution in [0.15, 0.2) is 36.4 Å². The number of nitrogen functional groups attached to an aromatic ring is 1. The molecule has 1 heterocycles. The normalized spacial score (nSPS) is 10.4. The third kappa shape index (κ3) is 4.46. The maximum atomic E-state index is 12.2. The van der Waals surface area contributed by atoms with Crippen LogP contribution in [0.4, 0.5) is 5.82 Å². The number of aryl methyl sites for hydroxylation is 1. The number of benzene rings is 1. The standard InChI is InChI=1S/C16H18ClN3O/c1-2-4-14-8-12(9-15(18)20-14)16(21)19-10-11-5-3-6-13(17)7-11/h3,5-9H,2,4,10H2,1H3,(H2,18,20)(H,19,21). The summed E-state index contributed by atoms with van der Waals surface area (Å²) in [5.74, 6) is 0.204. The number of carbonyl (C=O) groups excluding carboxylic acids is 1. The summed E-state index contributed by atoms with van der Waals surface area (Å²) >= 11 is 5.92. The van der Waals surface area contributed by atoms with Gasteiger partial charge in [-0.2, -0.15) is 0 Å². The van der Waals surface area contributed by atoms with Gasteiger partial charge >= 0.3 is 0 Å². The van der Waals surface area contributed by atoms with E-state index >= 15 is 0 Å². The van der Waals surface area contributed by atoms with Crippen molar-refractivity contribution >= 4 is 23.3 Å². The molecule has 0 unspecified atom stereocenters. The number of pyridine rings is 1. The Kier molecular flexibility index (Phi) is 5.17. The summed E-state index contributed by atoms with van der Waals surface area (Å²) in [6.45, 7) is 2.48. The van der Waals surface area contributed by atoms with E-state index < -0.39 is 0 Å². The van der Waals surface area contributed by atoms with Crippen LogP contribution in [0.5, 0.6) is 0 Å². The van der Waals surface area contributed by atoms with Crippen molar-refractivity contribution in [2.24, 2.45) is 0 Å². The Morgan fingerprint density at radius 1 is 1.33 bits per heavy atom. The predicted molar refractivity (Wildman–Crippen MR) is 85.3 cm³/mol. The third-order valence-corrected chi connectivity index (χ3v) is 3.24. The second-order valence-electron chi connectivity index (χ2n) is 4.83. The number of carbonyl (C=O) groups is 1. The first-order valence-corrected chi connectivity index (χ1v) is 7.25. The Morgan fingerprint density at radius 2 is 2.14 bits per heavy atom. The molecule has 2 aromatic rings. The maximum absolute atomic E-state index is 12.2. The molecule has 1 amide bonds. The summed E-state index contributed by atoms with van der Waals surface area (Å²) in [6, 6.07) is 10.8. The van der Waals surface area contributed by atoms with Gasteiger partial charge in [0.05, 0.1) is 0 Å². The van der Waals surface area contributed by atoms with Gasteiger partial charge in [-0.1, -0.05) is 37.1 Å². The number of hydrogen-bond acceptors (Lipinski definition) is 3. The molecule has 1 aromatic carbocycles. The minimum absolute atomic E-state index is 0.165. The zero-order valence-corrected chi connectivity index (χ0v) is 12.7. The molecule has 2 rings (SSSR count). The lowest BCUT2D eigenvalue weighted by Gasteiger charge is -2.08. The number of hydrogen-bond donors (Lipinski definition) is 2. The Labute approximate surface area is 129 Å². The van der Waals surface area contributed by atoms with E-state index in [1.54, 1.807) is 18.2 Å². The molecule has 5 heteroatoms. The minimum Gasteiger partial charge on any atom is -0.384 e. The molecule has 0 atom stereocenters. The van der Waals surface area contributed by atoms with Crippen LogP contribution in [-0.4, -0.2) is 10.9 Å². The summed E-state index contributed by atoms with van der Waals surface area (Å²) in [6.07, 6.45) is 1.76. The molecule has 110 valence electrons. The van der Waals surface area contributed by atoms with Crippen molar-refractivity contribution in [2.45, 2.75) is 26.3 Å². The molecule has 0 fully saturated rings. The largest absolute Gasteiger partial charge is 0.384 e. The van der Waals surface area contributed by atoms with Gasteiger partial charge < -0.3 is 11.1 Å². The fourth-order valence-corrected chi connectivity index (χ4v) is 2.27. The lowest BCUT2D eigenvalue weighted by atomic mass is 10.1. The second kappa shape index (κ2) is 7.09. The summed E-state index contributed by atoms with van der Waals surface area (Å²) in [7, 11) is 0. The van der Waals surface area contributed by atoms with E-state index in [1.165, 1.54) is 0 Å². The van der Waals surface area contributed by atoms with E-state index in [0.717, 1.165) is 24.1 Å². The predicted octanol–water partition coefficient (Wildman–Crippen LogP) is 3.20. The van der Waals surface area contributed by atoms with Crippen LogP contribution in [0.2, 0.25) is 5.02 Å². The summed E-state index contributed by atoms with van der Waals surface area (Å²) in [4.78, 5) is 16.4. The molecule has 0 radical (unpaired) electrons. The van der Waals surface area contributed by atoms with Crippen molar-refractivity contribution in [1.82, 2.24) is 10.3 Å². The smallest absolute Gasteiger partial charge is 0.251 e. The first-order valence-electron chi connectivity index (χ1n) is 6.87. The van der Waals surface area contributed by atoms with Crippen molar-refractivity contribution in [1.29, 1.82) is 0 Å². The number of rotatable bonds is 5. The van der Waals surface area contributed by atoms with Crippen LogP contribution < -0.4 is 11.1 Å². The first-order chi connectivity index (χ1) is 10.1. The number of nitrogens with one attached hydrogen (secondary N) is 1. The molecule has 0 bridgehead atoms. The van der Waals surface area contributed by atoms with Gasteiger partial charge in [-0.05, 0) is 36.2 Å². The molecule has 3 N–H and O–H groups in total. The summed E-state index contributed by atoms with van der Waals surface area (Å²) in [5.41, 5.74) is 8.07. The van der Waals surface area contributed by atoms with Crippen molar-refractivity contribution in [3.8, 4) is 0 Å². The van der Waals surface area contributed by atoms with Gasteiger partial charge in [0, 0.05) is 22.8 Å². The highest BCUT2D eigenvalue weighted by molar-refractivity contribution is 6.30. The quantitative estimate of drug-likeness (QED) is 0.891. The lowest BCUT2D eigenvalue weighted by Crippen LogP contribution is -2.23. The van der Waals surface area contributed by atoms with Gasteiger partial charge in [0.2, 0.25) is 0 Å². The minimum atomic E-state index is -0.165. The van der Waals surface area contributed by atoms with Crippen LogP contribution in [0.3, 0.4) is 0 Å². The van der Waals surface area contributed by atoms with E-state index in [0.29, 0.717) is 22.9 Å². The Balaban J connectivity index is 2.06. The lowest BCUT2D eigenvalue weighted by molar-refractivity contribution is 0.0950. The molecule has 1 aromatic heterocycles. The number of amides is 1. The van der Waals surface area contributed by atoms with Crippen molar-refractivity contribution in [3.05, 3.63) is 58.2 Å². The van der Waals surface area contributed by atoms with Gasteiger partial charge in [0.1, 0.15) is 5.82 Å². The molecule has 21 heavy (non-hydrogen) atoms. The zero-order valence-electron chi connectivity index (χ0n) is 11.9. The average molecular weight is 304 g/mol. The van der Waals surface area contributed by atoms with E-state index in [4.69, 9.17) is 17.3 Å². The van der Waals surface area contributed by atoms with Gasteiger partial charge in [-0.25, -0.2) is 4.98 Å². The molecule has 0 aliphatic carbocycles. The molecular formula is C16H18ClN3O. The maximum Gasteiger partial charge on any atom is 0.251 e. The Bertz CT molecular complexity index is 643. The molecular weight excluding hydrogens is 286 g/mol. The molecule has 0 spiro atoms. The second-order valence-corrected chi connectivity index (χ2v) is 5.27. The number of anilines is 1. The topological polar surface area (TPSA) is 68.0 Å². The first kappa shape index (κ1) is 15.3. The monoisotopic (exact) mass is 303 g/mol. The molecule has 0 aliphatic rings. The number of nitrogens with two attached hydrogens (primary N) is 1. The van der Waals surface area contributed by atoms with Crippen molar-refractivity contribution in [3.63, 3.8) is 0 Å². The number of halogens is 1. The van der Waals surface area contributed by atoms with Crippen LogP contribution in [0.1, 0.15) is 35.0 Å². The van der Waals surface area contributed by atoms with E-state index in [2.05, 4.69) is 17.2 Å². The fraction of sp³-hybridized carbons (Fsp3) is 0.250. The highest BCUT2D eigenvalue weighted by Gasteiger charge is 2.08. The van der Waals surface area contributed by atoms with Gasteiger partial charge in [0.25, 0.3) is 5.91 Å². The van der Waals surface area contributed by atoms with Gasteiger partial charge in [0.15, 0.2) is 0 Å². The van der Waals surface area contributed by atoms with E-state index in [-0.39, 0.29) is 5.91 Å².